The molecule has 1 atom stereocenters. The van der Waals surface area contributed by atoms with Crippen LogP contribution in [0.5, 0.6) is 0 Å². The van der Waals surface area contributed by atoms with Crippen LogP contribution in [0.15, 0.2) is 0 Å². The molecule has 18 heavy (non-hydrogen) atoms. The van der Waals surface area contributed by atoms with Crippen molar-refractivity contribution in [3.63, 3.8) is 0 Å². The van der Waals surface area contributed by atoms with Crippen LogP contribution in [0.4, 0.5) is 4.79 Å². The maximum absolute atomic E-state index is 11.7. The average Bonchev–Trinajstić information content (AvgIpc) is 2.29. The molecule has 0 radical (unpaired) electrons. The number of nitrogens with one attached hydrogen (secondary N) is 1. The maximum Gasteiger partial charge on any atom is 0.329 e. The fourth-order valence-corrected chi connectivity index (χ4v) is 1.75. The lowest BCUT2D eigenvalue weighted by atomic mass is 9.97. The van der Waals surface area contributed by atoms with E-state index in [1.807, 2.05) is 6.92 Å². The zero-order valence-corrected chi connectivity index (χ0v) is 11.2. The van der Waals surface area contributed by atoms with Crippen molar-refractivity contribution in [1.29, 1.82) is 0 Å². The summed E-state index contributed by atoms with van der Waals surface area (Å²) in [4.78, 5) is 23.7. The number of amides is 2. The highest BCUT2D eigenvalue weighted by molar-refractivity contribution is 5.75. The van der Waals surface area contributed by atoms with E-state index < -0.39 is 11.6 Å². The number of nitrogens with zero attached hydrogens (tertiary/aromatic N) is 1. The van der Waals surface area contributed by atoms with E-state index in [1.54, 1.807) is 4.90 Å². The first-order valence-electron chi connectivity index (χ1n) is 6.25. The van der Waals surface area contributed by atoms with Gasteiger partial charge in [0.05, 0.1) is 13.1 Å². The van der Waals surface area contributed by atoms with Gasteiger partial charge in [-0.25, -0.2) is 9.59 Å². The number of carbonyl (C=O) groups excluding carboxylic acids is 1. The van der Waals surface area contributed by atoms with Crippen molar-refractivity contribution in [1.82, 2.24) is 10.2 Å². The number of hydrogen-bond donors (Lipinski definition) is 2. The van der Waals surface area contributed by atoms with Crippen LogP contribution < -0.4 is 5.32 Å². The van der Waals surface area contributed by atoms with E-state index in [2.05, 4.69) is 19.2 Å². The van der Waals surface area contributed by atoms with Gasteiger partial charge in [-0.1, -0.05) is 20.3 Å². The Morgan fingerprint density at radius 1 is 1.50 bits per heavy atom. The molecule has 1 rings (SSSR count). The predicted molar refractivity (Wildman–Crippen MR) is 66.4 cm³/mol. The zero-order valence-electron chi connectivity index (χ0n) is 11.2. The van der Waals surface area contributed by atoms with Crippen molar-refractivity contribution >= 4 is 12.0 Å². The lowest BCUT2D eigenvalue weighted by Crippen LogP contribution is -2.65. The highest BCUT2D eigenvalue weighted by Crippen LogP contribution is 2.24. The molecule has 2 N–H and O–H groups in total. The van der Waals surface area contributed by atoms with Crippen LogP contribution in [0.2, 0.25) is 0 Å². The molecule has 6 nitrogen and oxygen atoms in total. The third kappa shape index (κ3) is 4.18. The third-order valence-corrected chi connectivity index (χ3v) is 3.18. The smallest absolute Gasteiger partial charge is 0.329 e. The fraction of sp³-hybridized carbons (Fsp3) is 0.833. The summed E-state index contributed by atoms with van der Waals surface area (Å²) in [6, 6.07) is -0.105. The van der Waals surface area contributed by atoms with E-state index in [0.717, 1.165) is 6.42 Å². The number of carboxylic acid groups (broad SMARTS) is 1. The van der Waals surface area contributed by atoms with Gasteiger partial charge in [-0.05, 0) is 12.8 Å². The normalized spacial score (nSPS) is 18.9. The van der Waals surface area contributed by atoms with Crippen molar-refractivity contribution in [3.8, 4) is 0 Å². The summed E-state index contributed by atoms with van der Waals surface area (Å²) >= 11 is 0. The topological polar surface area (TPSA) is 78.9 Å². The van der Waals surface area contributed by atoms with Crippen LogP contribution in [0.3, 0.4) is 0 Å². The summed E-state index contributed by atoms with van der Waals surface area (Å²) in [6.45, 7) is 7.19. The summed E-state index contributed by atoms with van der Waals surface area (Å²) < 4.78 is 5.23. The Balaban J connectivity index is 2.24. The molecule has 0 aromatic carbocycles. The van der Waals surface area contributed by atoms with E-state index in [9.17, 15) is 9.59 Å². The van der Waals surface area contributed by atoms with E-state index in [0.29, 0.717) is 25.6 Å². The molecule has 6 heteroatoms. The molecule has 1 aliphatic heterocycles. The number of likely N-dealkylation sites (tertiary alicyclic amines) is 1. The van der Waals surface area contributed by atoms with Crippen molar-refractivity contribution in [2.24, 2.45) is 5.92 Å². The monoisotopic (exact) mass is 258 g/mol. The molecular weight excluding hydrogens is 236 g/mol. The summed E-state index contributed by atoms with van der Waals surface area (Å²) in [6.07, 6.45) is 1.03. The number of aliphatic carboxylic acids is 1. The second-order valence-corrected chi connectivity index (χ2v) is 5.19. The number of carbonyl (C=O) groups is 2. The summed E-state index contributed by atoms with van der Waals surface area (Å²) in [7, 11) is 0. The quantitative estimate of drug-likeness (QED) is 0.742. The van der Waals surface area contributed by atoms with Gasteiger partial charge in [0, 0.05) is 6.54 Å². The molecule has 0 aliphatic carbocycles. The van der Waals surface area contributed by atoms with Gasteiger partial charge in [0.25, 0.3) is 0 Å². The second kappa shape index (κ2) is 6.04. The minimum atomic E-state index is -0.990. The highest BCUT2D eigenvalue weighted by atomic mass is 16.5. The predicted octanol–water partition coefficient (Wildman–Crippen LogP) is 0.918. The van der Waals surface area contributed by atoms with Gasteiger partial charge < -0.3 is 20.1 Å². The molecule has 1 fully saturated rings. The van der Waals surface area contributed by atoms with Gasteiger partial charge >= 0.3 is 12.0 Å². The van der Waals surface area contributed by atoms with Crippen LogP contribution in [0.1, 0.15) is 27.2 Å². The first kappa shape index (κ1) is 14.8. The largest absolute Gasteiger partial charge is 0.480 e. The summed E-state index contributed by atoms with van der Waals surface area (Å²) in [5.41, 5.74) is -0.522. The Hall–Kier alpha value is -1.30. The number of carboxylic acids is 1. The van der Waals surface area contributed by atoms with Gasteiger partial charge in [-0.15, -0.1) is 0 Å². The van der Waals surface area contributed by atoms with Crippen LogP contribution in [-0.4, -0.2) is 53.8 Å². The minimum Gasteiger partial charge on any atom is -0.480 e. The SMILES string of the molecule is CCC(C)CNC(=O)N1CC(C)(OCC(=O)O)C1. The van der Waals surface area contributed by atoms with E-state index >= 15 is 0 Å². The van der Waals surface area contributed by atoms with Crippen LogP contribution in [0, 0.1) is 5.92 Å². The van der Waals surface area contributed by atoms with Crippen LogP contribution >= 0.6 is 0 Å². The standard InChI is InChI=1S/C12H22N2O4/c1-4-9(2)5-13-11(17)14-7-12(3,8-14)18-6-10(15)16/h9H,4-8H2,1-3H3,(H,13,17)(H,15,16). The minimum absolute atomic E-state index is 0.105. The number of rotatable bonds is 6. The van der Waals surface area contributed by atoms with E-state index in [4.69, 9.17) is 9.84 Å². The van der Waals surface area contributed by atoms with Crippen molar-refractivity contribution in [2.75, 3.05) is 26.2 Å². The summed E-state index contributed by atoms with van der Waals surface area (Å²) in [5.74, 6) is -0.527. The Labute approximate surface area is 107 Å². The first-order valence-corrected chi connectivity index (χ1v) is 6.25. The Kier molecular flexibility index (Phi) is 4.95. The molecule has 0 saturated carbocycles. The molecule has 1 unspecified atom stereocenters. The average molecular weight is 258 g/mol. The molecule has 2 amide bonds. The number of urea groups is 1. The van der Waals surface area contributed by atoms with Crippen LogP contribution in [0.25, 0.3) is 0 Å². The fourth-order valence-electron chi connectivity index (χ4n) is 1.75. The van der Waals surface area contributed by atoms with Gasteiger partial charge in [-0.2, -0.15) is 0 Å². The van der Waals surface area contributed by atoms with Gasteiger partial charge in [0.2, 0.25) is 0 Å². The summed E-state index contributed by atoms with van der Waals surface area (Å²) in [5, 5.41) is 11.4. The Morgan fingerprint density at radius 3 is 2.61 bits per heavy atom. The number of ether oxygens (including phenoxy) is 1. The molecule has 0 bridgehead atoms. The maximum atomic E-state index is 11.7. The highest BCUT2D eigenvalue weighted by Gasteiger charge is 2.42. The molecule has 0 aromatic rings. The Morgan fingerprint density at radius 2 is 2.11 bits per heavy atom. The second-order valence-electron chi connectivity index (χ2n) is 5.19. The third-order valence-electron chi connectivity index (χ3n) is 3.18. The molecule has 1 saturated heterocycles. The van der Waals surface area contributed by atoms with Crippen LogP contribution in [-0.2, 0) is 9.53 Å². The Bertz CT molecular complexity index is 313. The van der Waals surface area contributed by atoms with Crippen molar-refractivity contribution in [2.45, 2.75) is 32.8 Å². The van der Waals surface area contributed by atoms with Gasteiger partial charge in [-0.3, -0.25) is 0 Å². The number of hydrogen-bond acceptors (Lipinski definition) is 3. The zero-order chi connectivity index (χ0) is 13.8. The molecule has 0 spiro atoms. The van der Waals surface area contributed by atoms with Crippen molar-refractivity contribution in [3.05, 3.63) is 0 Å². The lowest BCUT2D eigenvalue weighted by Gasteiger charge is -2.47. The van der Waals surface area contributed by atoms with Gasteiger partial charge in [0.15, 0.2) is 0 Å². The first-order chi connectivity index (χ1) is 8.36. The van der Waals surface area contributed by atoms with Gasteiger partial charge in [0.1, 0.15) is 12.2 Å². The van der Waals surface area contributed by atoms with E-state index in [-0.39, 0.29) is 12.6 Å². The molecule has 104 valence electrons. The van der Waals surface area contributed by atoms with Crippen molar-refractivity contribution < 1.29 is 19.4 Å². The molecule has 0 aromatic heterocycles. The van der Waals surface area contributed by atoms with E-state index in [1.165, 1.54) is 0 Å². The molecule has 1 aliphatic rings. The molecule has 1 heterocycles. The lowest BCUT2D eigenvalue weighted by molar-refractivity contribution is -0.159. The molecular formula is C12H22N2O4.